The molecule has 8 heteroatoms. The number of likely N-dealkylation sites (tertiary alicyclic amines) is 1. The van der Waals surface area contributed by atoms with E-state index < -0.39 is 20.6 Å². The summed E-state index contributed by atoms with van der Waals surface area (Å²) in [4.78, 5) is 18.6. The summed E-state index contributed by atoms with van der Waals surface area (Å²) in [6, 6.07) is 14.5. The Morgan fingerprint density at radius 2 is 1.81 bits per heavy atom. The minimum atomic E-state index is -3.83. The fourth-order valence-electron chi connectivity index (χ4n) is 4.87. The van der Waals surface area contributed by atoms with E-state index in [4.69, 9.17) is 0 Å². The summed E-state index contributed by atoms with van der Waals surface area (Å²) >= 11 is 0. The smallest absolute Gasteiger partial charge is 0.231 e. The van der Waals surface area contributed by atoms with Crippen LogP contribution in [0.5, 0.6) is 0 Å². The molecule has 0 radical (unpaired) electrons. The van der Waals surface area contributed by atoms with Crippen LogP contribution in [0.1, 0.15) is 29.3 Å². The maximum absolute atomic E-state index is 13.9. The highest BCUT2D eigenvalue weighted by Crippen LogP contribution is 2.45. The molecular formula is C23H26ClN3O3S. The Hall–Kier alpha value is -2.35. The largest absolute Gasteiger partial charge is 0.361 e. The van der Waals surface area contributed by atoms with Crippen molar-refractivity contribution in [2.45, 2.75) is 30.0 Å². The number of hydrogen-bond acceptors (Lipinski definition) is 4. The monoisotopic (exact) mass is 459 g/mol. The SMILES string of the molecule is Cc1ccc(S(=O)(=O)C(c2c[nH]c3ccccc23)N2CCC3(CCNC3)C2=O)cc1.Cl. The predicted octanol–water partition coefficient (Wildman–Crippen LogP) is 3.58. The number of halogens is 1. The fourth-order valence-corrected chi connectivity index (χ4v) is 6.71. The average Bonchev–Trinajstić information content (AvgIpc) is 3.45. The van der Waals surface area contributed by atoms with Crippen molar-refractivity contribution < 1.29 is 13.2 Å². The molecule has 1 amide bonds. The van der Waals surface area contributed by atoms with Crippen LogP contribution in [0.25, 0.3) is 10.9 Å². The number of aryl methyl sites for hydroxylation is 1. The molecule has 2 saturated heterocycles. The van der Waals surface area contributed by atoms with E-state index in [2.05, 4.69) is 10.3 Å². The lowest BCUT2D eigenvalue weighted by molar-refractivity contribution is -0.136. The molecule has 0 bridgehead atoms. The topological polar surface area (TPSA) is 82.3 Å². The summed E-state index contributed by atoms with van der Waals surface area (Å²) in [6.07, 6.45) is 3.18. The highest BCUT2D eigenvalue weighted by atomic mass is 35.5. The van der Waals surface area contributed by atoms with Crippen molar-refractivity contribution >= 4 is 39.1 Å². The third kappa shape index (κ3) is 3.45. The zero-order valence-electron chi connectivity index (χ0n) is 17.3. The Morgan fingerprint density at radius 3 is 2.52 bits per heavy atom. The number of benzene rings is 2. The number of rotatable bonds is 4. The van der Waals surface area contributed by atoms with Crippen molar-refractivity contribution in [2.75, 3.05) is 19.6 Å². The molecule has 0 aliphatic carbocycles. The zero-order chi connectivity index (χ0) is 20.9. The number of aromatic nitrogens is 1. The van der Waals surface area contributed by atoms with Crippen molar-refractivity contribution in [1.29, 1.82) is 0 Å². The second-order valence-corrected chi connectivity index (χ2v) is 10.5. The van der Waals surface area contributed by atoms with Gasteiger partial charge in [-0.3, -0.25) is 4.79 Å². The Morgan fingerprint density at radius 1 is 1.06 bits per heavy atom. The minimum Gasteiger partial charge on any atom is -0.361 e. The van der Waals surface area contributed by atoms with Gasteiger partial charge in [-0.05, 0) is 44.5 Å². The first kappa shape index (κ1) is 21.9. The fraction of sp³-hybridized carbons (Fsp3) is 0.348. The van der Waals surface area contributed by atoms with Crippen LogP contribution < -0.4 is 5.32 Å². The molecule has 3 heterocycles. The highest BCUT2D eigenvalue weighted by Gasteiger charge is 2.53. The van der Waals surface area contributed by atoms with E-state index >= 15 is 0 Å². The number of aromatic amines is 1. The van der Waals surface area contributed by atoms with Gasteiger partial charge in [-0.2, -0.15) is 0 Å². The molecule has 2 aromatic carbocycles. The van der Waals surface area contributed by atoms with Gasteiger partial charge in [0, 0.05) is 35.8 Å². The van der Waals surface area contributed by atoms with Crippen molar-refractivity contribution in [1.82, 2.24) is 15.2 Å². The molecule has 2 unspecified atom stereocenters. The standard InChI is InChI=1S/C23H25N3O3S.ClH/c1-16-6-8-17(9-7-16)30(28,29)21(19-14-25-20-5-3-2-4-18(19)20)26-13-11-23(22(26)27)10-12-24-15-23;/h2-9,14,21,24-25H,10-13,15H2,1H3;1H. The Labute approximate surface area is 188 Å². The first-order valence-corrected chi connectivity index (χ1v) is 11.9. The van der Waals surface area contributed by atoms with E-state index in [1.54, 1.807) is 35.4 Å². The summed E-state index contributed by atoms with van der Waals surface area (Å²) in [5.41, 5.74) is 2.00. The van der Waals surface area contributed by atoms with E-state index in [9.17, 15) is 13.2 Å². The molecule has 31 heavy (non-hydrogen) atoms. The van der Waals surface area contributed by atoms with Gasteiger partial charge in [0.05, 0.1) is 10.3 Å². The third-order valence-corrected chi connectivity index (χ3v) is 8.63. The van der Waals surface area contributed by atoms with Crippen LogP contribution in [0.2, 0.25) is 0 Å². The molecule has 1 aromatic heterocycles. The number of carbonyl (C=O) groups is 1. The second-order valence-electron chi connectivity index (χ2n) is 8.46. The number of H-pyrrole nitrogens is 1. The van der Waals surface area contributed by atoms with Gasteiger partial charge in [-0.25, -0.2) is 8.42 Å². The minimum absolute atomic E-state index is 0. The number of nitrogens with zero attached hydrogens (tertiary/aromatic N) is 1. The maximum Gasteiger partial charge on any atom is 0.231 e. The van der Waals surface area contributed by atoms with Gasteiger partial charge in [-0.15, -0.1) is 12.4 Å². The molecule has 2 fully saturated rings. The van der Waals surface area contributed by atoms with E-state index in [-0.39, 0.29) is 23.2 Å². The van der Waals surface area contributed by atoms with Gasteiger partial charge in [0.1, 0.15) is 0 Å². The van der Waals surface area contributed by atoms with Crippen molar-refractivity contribution in [3.8, 4) is 0 Å². The molecule has 3 aromatic rings. The lowest BCUT2D eigenvalue weighted by Gasteiger charge is -2.30. The molecular weight excluding hydrogens is 434 g/mol. The number of carbonyl (C=O) groups excluding carboxylic acids is 1. The van der Waals surface area contributed by atoms with E-state index in [0.29, 0.717) is 25.1 Å². The first-order chi connectivity index (χ1) is 14.4. The molecule has 5 rings (SSSR count). The lowest BCUT2D eigenvalue weighted by atomic mass is 9.86. The molecule has 164 valence electrons. The number of para-hydroxylation sites is 1. The zero-order valence-corrected chi connectivity index (χ0v) is 18.9. The van der Waals surface area contributed by atoms with E-state index in [0.717, 1.165) is 29.4 Å². The van der Waals surface area contributed by atoms with Gasteiger partial charge >= 0.3 is 0 Å². The van der Waals surface area contributed by atoms with E-state index in [1.807, 2.05) is 31.2 Å². The van der Waals surface area contributed by atoms with Crippen LogP contribution in [0, 0.1) is 12.3 Å². The number of amides is 1. The van der Waals surface area contributed by atoms with Gasteiger partial charge < -0.3 is 15.2 Å². The molecule has 2 aliphatic rings. The van der Waals surface area contributed by atoms with Crippen LogP contribution in [0.15, 0.2) is 59.6 Å². The summed E-state index contributed by atoms with van der Waals surface area (Å²) in [6.45, 7) is 3.78. The van der Waals surface area contributed by atoms with Crippen molar-refractivity contribution in [3.05, 3.63) is 65.9 Å². The number of fused-ring (bicyclic) bond motifs is 1. The molecule has 6 nitrogen and oxygen atoms in total. The normalized spacial score (nSPS) is 22.2. The first-order valence-electron chi connectivity index (χ1n) is 10.3. The maximum atomic E-state index is 13.9. The van der Waals surface area contributed by atoms with Crippen LogP contribution in [0.4, 0.5) is 0 Å². The predicted molar refractivity (Wildman–Crippen MR) is 123 cm³/mol. The summed E-state index contributed by atoms with van der Waals surface area (Å²) in [5.74, 6) is -0.0570. The summed E-state index contributed by atoms with van der Waals surface area (Å²) in [7, 11) is -3.83. The van der Waals surface area contributed by atoms with Gasteiger partial charge in [0.25, 0.3) is 0 Å². The molecule has 0 saturated carbocycles. The average molecular weight is 460 g/mol. The molecule has 2 atom stereocenters. The molecule has 2 N–H and O–H groups in total. The molecule has 1 spiro atoms. The van der Waals surface area contributed by atoms with Gasteiger partial charge in [-0.1, -0.05) is 35.9 Å². The van der Waals surface area contributed by atoms with Crippen LogP contribution >= 0.6 is 12.4 Å². The van der Waals surface area contributed by atoms with Gasteiger partial charge in [0.15, 0.2) is 5.37 Å². The van der Waals surface area contributed by atoms with Crippen LogP contribution in [-0.2, 0) is 14.6 Å². The highest BCUT2D eigenvalue weighted by molar-refractivity contribution is 7.91. The van der Waals surface area contributed by atoms with E-state index in [1.165, 1.54) is 0 Å². The quantitative estimate of drug-likeness (QED) is 0.624. The Bertz CT molecular complexity index is 1210. The third-order valence-electron chi connectivity index (χ3n) is 6.60. The van der Waals surface area contributed by atoms with Crippen LogP contribution in [-0.4, -0.2) is 43.8 Å². The van der Waals surface area contributed by atoms with Crippen molar-refractivity contribution in [3.63, 3.8) is 0 Å². The summed E-state index contributed by atoms with van der Waals surface area (Å²) in [5, 5.41) is 3.06. The lowest BCUT2D eigenvalue weighted by Crippen LogP contribution is -2.40. The number of nitrogens with one attached hydrogen (secondary N) is 2. The van der Waals surface area contributed by atoms with Crippen molar-refractivity contribution in [2.24, 2.45) is 5.41 Å². The number of hydrogen-bond donors (Lipinski definition) is 2. The van der Waals surface area contributed by atoms with Gasteiger partial charge in [0.2, 0.25) is 15.7 Å². The summed E-state index contributed by atoms with van der Waals surface area (Å²) < 4.78 is 27.8. The second kappa shape index (κ2) is 7.97. The Balaban J connectivity index is 0.00000231. The Kier molecular flexibility index (Phi) is 5.62. The number of sulfone groups is 1. The molecule has 2 aliphatic heterocycles. The van der Waals surface area contributed by atoms with Crippen LogP contribution in [0.3, 0.4) is 0 Å².